The fourth-order valence-corrected chi connectivity index (χ4v) is 5.86. The normalized spacial score (nSPS) is 27.0. The van der Waals surface area contributed by atoms with Gasteiger partial charge in [-0.3, -0.25) is 4.68 Å². The number of rotatable bonds is 4. The van der Waals surface area contributed by atoms with Crippen LogP contribution in [0.4, 0.5) is 4.79 Å². The summed E-state index contributed by atoms with van der Waals surface area (Å²) in [5.41, 5.74) is 2.08. The molecule has 2 N–H and O–H groups in total. The van der Waals surface area contributed by atoms with E-state index in [9.17, 15) is 13.2 Å². The van der Waals surface area contributed by atoms with Crippen LogP contribution in [0.5, 0.6) is 0 Å². The van der Waals surface area contributed by atoms with Crippen molar-refractivity contribution in [2.24, 2.45) is 7.05 Å². The zero-order valence-electron chi connectivity index (χ0n) is 15.0. The highest BCUT2D eigenvalue weighted by Crippen LogP contribution is 2.32. The number of sulfonamides is 1. The number of carbonyl (C=O) groups is 1. The van der Waals surface area contributed by atoms with Gasteiger partial charge >= 0.3 is 6.03 Å². The molecule has 1 aromatic rings. The summed E-state index contributed by atoms with van der Waals surface area (Å²) in [5.74, 6) is 0. The Hall–Kier alpha value is -1.68. The fourth-order valence-electron chi connectivity index (χ4n) is 3.93. The van der Waals surface area contributed by atoms with Crippen molar-refractivity contribution in [2.45, 2.75) is 62.3 Å². The molecule has 1 aromatic heterocycles. The van der Waals surface area contributed by atoms with Crippen molar-refractivity contribution in [3.63, 3.8) is 0 Å². The largest absolute Gasteiger partial charge is 0.335 e. The van der Waals surface area contributed by atoms with Crippen LogP contribution in [-0.2, 0) is 29.9 Å². The molecular formula is C16H26N6O3S. The Morgan fingerprint density at radius 1 is 1.15 bits per heavy atom. The van der Waals surface area contributed by atoms with Crippen LogP contribution in [0.25, 0.3) is 0 Å². The van der Waals surface area contributed by atoms with Gasteiger partial charge in [-0.15, -0.1) is 5.10 Å². The second-order valence-electron chi connectivity index (χ2n) is 7.61. The molecule has 2 heterocycles. The smallest absolute Gasteiger partial charge is 0.315 e. The lowest BCUT2D eigenvalue weighted by molar-refractivity contribution is 0.221. The standard InChI is InChI=1S/C16H26N6O3S/c1-21-15-7-4-11(9-14(15)19-20-21)17-16(23)18-12-3-2-8-22(10-12)26(24,25)13-5-6-13/h11-13H,2-10H2,1H3,(H2,17,18,23)/t11?,12-/m1/s1. The number of nitrogens with zero attached hydrogens (tertiary/aromatic N) is 4. The Labute approximate surface area is 153 Å². The maximum Gasteiger partial charge on any atom is 0.315 e. The van der Waals surface area contributed by atoms with Gasteiger partial charge in [0.25, 0.3) is 0 Å². The molecule has 3 aliphatic rings. The Morgan fingerprint density at radius 3 is 2.69 bits per heavy atom. The van der Waals surface area contributed by atoms with E-state index in [2.05, 4.69) is 20.9 Å². The van der Waals surface area contributed by atoms with E-state index in [0.717, 1.165) is 49.9 Å². The van der Waals surface area contributed by atoms with E-state index in [-0.39, 0.29) is 23.4 Å². The van der Waals surface area contributed by atoms with E-state index in [1.807, 2.05) is 7.05 Å². The quantitative estimate of drug-likeness (QED) is 0.758. The Morgan fingerprint density at radius 2 is 1.92 bits per heavy atom. The van der Waals surface area contributed by atoms with E-state index in [4.69, 9.17) is 0 Å². The van der Waals surface area contributed by atoms with Gasteiger partial charge in [0.2, 0.25) is 10.0 Å². The van der Waals surface area contributed by atoms with Gasteiger partial charge in [0.05, 0.1) is 16.6 Å². The topological polar surface area (TPSA) is 109 Å². The molecule has 1 saturated heterocycles. The number of fused-ring (bicyclic) bond motifs is 1. The highest BCUT2D eigenvalue weighted by atomic mass is 32.2. The van der Waals surface area contributed by atoms with Crippen LogP contribution in [0, 0.1) is 0 Å². The summed E-state index contributed by atoms with van der Waals surface area (Å²) in [4.78, 5) is 12.4. The van der Waals surface area contributed by atoms with Crippen LogP contribution in [0.15, 0.2) is 0 Å². The monoisotopic (exact) mass is 382 g/mol. The average molecular weight is 382 g/mol. The molecule has 0 radical (unpaired) electrons. The molecule has 2 aliphatic carbocycles. The summed E-state index contributed by atoms with van der Waals surface area (Å²) in [6.07, 6.45) is 5.51. The first-order chi connectivity index (χ1) is 12.4. The third kappa shape index (κ3) is 3.57. The lowest BCUT2D eigenvalue weighted by Gasteiger charge is -2.33. The third-order valence-corrected chi connectivity index (χ3v) is 7.92. The highest BCUT2D eigenvalue weighted by Gasteiger charge is 2.41. The van der Waals surface area contributed by atoms with Crippen LogP contribution in [0.2, 0.25) is 0 Å². The van der Waals surface area contributed by atoms with Gasteiger partial charge in [-0.2, -0.15) is 4.31 Å². The van der Waals surface area contributed by atoms with Crippen LogP contribution < -0.4 is 10.6 Å². The van der Waals surface area contributed by atoms with Crippen molar-refractivity contribution in [3.8, 4) is 0 Å². The summed E-state index contributed by atoms with van der Waals surface area (Å²) in [6.45, 7) is 0.946. The molecule has 2 amide bonds. The second kappa shape index (κ2) is 6.80. The summed E-state index contributed by atoms with van der Waals surface area (Å²) in [5, 5.41) is 14.0. The molecular weight excluding hydrogens is 356 g/mol. The molecule has 2 fully saturated rings. The Kier molecular flexibility index (Phi) is 4.64. The van der Waals surface area contributed by atoms with Crippen LogP contribution in [0.3, 0.4) is 0 Å². The number of aryl methyl sites for hydroxylation is 1. The number of nitrogens with one attached hydrogen (secondary N) is 2. The van der Waals surface area contributed by atoms with Gasteiger partial charge in [-0.1, -0.05) is 5.21 Å². The number of amides is 2. The maximum atomic E-state index is 12.4. The van der Waals surface area contributed by atoms with Crippen LogP contribution in [-0.4, -0.2) is 64.2 Å². The van der Waals surface area contributed by atoms with E-state index in [1.54, 1.807) is 8.99 Å². The Bertz CT molecular complexity index is 788. The number of urea groups is 1. The van der Waals surface area contributed by atoms with Crippen molar-refractivity contribution >= 4 is 16.1 Å². The molecule has 144 valence electrons. The summed E-state index contributed by atoms with van der Waals surface area (Å²) in [7, 11) is -1.29. The second-order valence-corrected chi connectivity index (χ2v) is 9.82. The van der Waals surface area contributed by atoms with Crippen molar-refractivity contribution in [3.05, 3.63) is 11.4 Å². The van der Waals surface area contributed by atoms with Gasteiger partial charge < -0.3 is 10.6 Å². The lowest BCUT2D eigenvalue weighted by Crippen LogP contribution is -2.54. The predicted octanol–water partition coefficient (Wildman–Crippen LogP) is -0.0718. The minimum Gasteiger partial charge on any atom is -0.335 e. The van der Waals surface area contributed by atoms with Crippen LogP contribution >= 0.6 is 0 Å². The zero-order valence-corrected chi connectivity index (χ0v) is 15.8. The first-order valence-corrected chi connectivity index (χ1v) is 10.9. The lowest BCUT2D eigenvalue weighted by atomic mass is 9.96. The molecule has 2 atom stereocenters. The number of hydrogen-bond acceptors (Lipinski definition) is 5. The summed E-state index contributed by atoms with van der Waals surface area (Å²) in [6, 6.07) is -0.319. The average Bonchev–Trinajstić information content (AvgIpc) is 3.40. The molecule has 9 nitrogen and oxygen atoms in total. The van der Waals surface area contributed by atoms with Gasteiger partial charge in [0.15, 0.2) is 0 Å². The Balaban J connectivity index is 1.29. The molecule has 26 heavy (non-hydrogen) atoms. The maximum absolute atomic E-state index is 12.4. The highest BCUT2D eigenvalue weighted by molar-refractivity contribution is 7.90. The van der Waals surface area contributed by atoms with E-state index in [1.165, 1.54) is 0 Å². The fraction of sp³-hybridized carbons (Fsp3) is 0.812. The van der Waals surface area contributed by atoms with Crippen molar-refractivity contribution in [2.75, 3.05) is 13.1 Å². The molecule has 4 rings (SSSR count). The van der Waals surface area contributed by atoms with Gasteiger partial charge in [0.1, 0.15) is 0 Å². The zero-order chi connectivity index (χ0) is 18.3. The van der Waals surface area contributed by atoms with Gasteiger partial charge in [-0.25, -0.2) is 13.2 Å². The SMILES string of the molecule is Cn1nnc2c1CCC(NC(=O)N[C@@H]1CCCN(S(=O)(=O)C3CC3)C1)C2. The minimum atomic E-state index is -3.17. The molecule has 0 aromatic carbocycles. The summed E-state index contributed by atoms with van der Waals surface area (Å²) < 4.78 is 28.2. The van der Waals surface area contributed by atoms with Crippen molar-refractivity contribution in [1.29, 1.82) is 0 Å². The van der Waals surface area contributed by atoms with E-state index >= 15 is 0 Å². The first-order valence-electron chi connectivity index (χ1n) is 9.37. The number of aromatic nitrogens is 3. The third-order valence-electron chi connectivity index (χ3n) is 5.55. The molecule has 1 unspecified atom stereocenters. The first kappa shape index (κ1) is 17.7. The predicted molar refractivity (Wildman–Crippen MR) is 95.0 cm³/mol. The van der Waals surface area contributed by atoms with Gasteiger partial charge in [0, 0.05) is 38.6 Å². The number of piperidine rings is 1. The van der Waals surface area contributed by atoms with Crippen LogP contribution in [0.1, 0.15) is 43.5 Å². The van der Waals surface area contributed by atoms with Crippen molar-refractivity contribution in [1.82, 2.24) is 29.9 Å². The van der Waals surface area contributed by atoms with Crippen molar-refractivity contribution < 1.29 is 13.2 Å². The molecule has 1 saturated carbocycles. The van der Waals surface area contributed by atoms with Gasteiger partial charge in [-0.05, 0) is 38.5 Å². The molecule has 10 heteroatoms. The molecule has 0 bridgehead atoms. The van der Waals surface area contributed by atoms with E-state index < -0.39 is 10.0 Å². The molecule has 1 aliphatic heterocycles. The number of hydrogen-bond donors (Lipinski definition) is 2. The minimum absolute atomic E-state index is 0.0362. The molecule has 0 spiro atoms. The van der Waals surface area contributed by atoms with E-state index in [0.29, 0.717) is 19.5 Å². The number of carbonyl (C=O) groups excluding carboxylic acids is 1. The summed E-state index contributed by atoms with van der Waals surface area (Å²) >= 11 is 0.